The van der Waals surface area contributed by atoms with Crippen molar-refractivity contribution in [3.63, 3.8) is 0 Å². The van der Waals surface area contributed by atoms with Gasteiger partial charge in [-0.25, -0.2) is 4.90 Å². The van der Waals surface area contributed by atoms with E-state index in [0.717, 1.165) is 4.90 Å². The van der Waals surface area contributed by atoms with Crippen molar-refractivity contribution in [1.82, 2.24) is 0 Å². The van der Waals surface area contributed by atoms with E-state index >= 15 is 0 Å². The molecule has 21 heavy (non-hydrogen) atoms. The SMILES string of the molecule is O=C1C=CC(=O)N1c1ccccc1.c1cc2sccc2s1. The zero-order valence-corrected chi connectivity index (χ0v) is 12.6. The van der Waals surface area contributed by atoms with Gasteiger partial charge < -0.3 is 0 Å². The Kier molecular flexibility index (Phi) is 3.94. The van der Waals surface area contributed by atoms with Crippen LogP contribution in [0.15, 0.2) is 65.4 Å². The number of carbonyl (C=O) groups excluding carboxylic acids is 2. The molecule has 104 valence electrons. The van der Waals surface area contributed by atoms with Gasteiger partial charge in [0.15, 0.2) is 0 Å². The van der Waals surface area contributed by atoms with Crippen molar-refractivity contribution in [3.05, 3.63) is 65.4 Å². The molecule has 0 fully saturated rings. The summed E-state index contributed by atoms with van der Waals surface area (Å²) >= 11 is 3.61. The first-order valence-electron chi connectivity index (χ1n) is 6.27. The van der Waals surface area contributed by atoms with E-state index in [-0.39, 0.29) is 11.8 Å². The number of carbonyl (C=O) groups is 2. The molecular weight excluding hydrogens is 302 g/mol. The van der Waals surface area contributed by atoms with Crippen LogP contribution in [0.3, 0.4) is 0 Å². The molecule has 4 rings (SSSR count). The smallest absolute Gasteiger partial charge is 0.258 e. The van der Waals surface area contributed by atoms with E-state index in [2.05, 4.69) is 22.9 Å². The van der Waals surface area contributed by atoms with Crippen molar-refractivity contribution in [2.75, 3.05) is 4.90 Å². The van der Waals surface area contributed by atoms with Crippen molar-refractivity contribution in [2.45, 2.75) is 0 Å². The summed E-state index contributed by atoms with van der Waals surface area (Å²) < 4.78 is 2.82. The van der Waals surface area contributed by atoms with Crippen LogP contribution in [0.5, 0.6) is 0 Å². The Balaban J connectivity index is 0.000000140. The van der Waals surface area contributed by atoms with E-state index in [1.165, 1.54) is 21.6 Å². The van der Waals surface area contributed by atoms with E-state index < -0.39 is 0 Å². The molecular formula is C16H11NO2S2. The van der Waals surface area contributed by atoms with Crippen LogP contribution in [0, 0.1) is 0 Å². The summed E-state index contributed by atoms with van der Waals surface area (Å²) in [7, 11) is 0. The fourth-order valence-corrected chi connectivity index (χ4v) is 3.75. The summed E-state index contributed by atoms with van der Waals surface area (Å²) in [5, 5.41) is 4.25. The standard InChI is InChI=1S/C10H7NO2.C6H4S2/c12-9-6-7-10(13)11(9)8-4-2-1-3-5-8;1-3-7-6-2-4-8-5(1)6/h1-7H;1-4H. The molecule has 2 aromatic heterocycles. The van der Waals surface area contributed by atoms with Crippen LogP contribution in [0.25, 0.3) is 9.40 Å². The summed E-state index contributed by atoms with van der Waals surface area (Å²) in [6.07, 6.45) is 2.55. The molecule has 3 aromatic rings. The average molecular weight is 313 g/mol. The maximum Gasteiger partial charge on any atom is 0.258 e. The predicted octanol–water partition coefficient (Wildman–Crippen LogP) is 4.08. The quantitative estimate of drug-likeness (QED) is 0.635. The normalized spacial score (nSPS) is 13.6. The molecule has 5 heteroatoms. The van der Waals surface area contributed by atoms with Gasteiger partial charge in [0, 0.05) is 21.6 Å². The molecule has 3 nitrogen and oxygen atoms in total. The number of nitrogens with zero attached hydrogens (tertiary/aromatic N) is 1. The number of hydrogen-bond donors (Lipinski definition) is 0. The fraction of sp³-hybridized carbons (Fsp3) is 0. The molecule has 0 atom stereocenters. The Bertz CT molecular complexity index is 733. The largest absolute Gasteiger partial charge is 0.269 e. The topological polar surface area (TPSA) is 37.4 Å². The lowest BCUT2D eigenvalue weighted by atomic mass is 10.3. The Labute approximate surface area is 129 Å². The van der Waals surface area contributed by atoms with Gasteiger partial charge in [-0.15, -0.1) is 22.7 Å². The summed E-state index contributed by atoms with van der Waals surface area (Å²) in [6, 6.07) is 13.2. The first kappa shape index (κ1) is 13.7. The third kappa shape index (κ3) is 2.94. The fourth-order valence-electron chi connectivity index (χ4n) is 1.93. The van der Waals surface area contributed by atoms with Crippen LogP contribution in [0.4, 0.5) is 5.69 Å². The number of amides is 2. The first-order chi connectivity index (χ1) is 10.3. The molecule has 0 spiro atoms. The van der Waals surface area contributed by atoms with Crippen LogP contribution in [0.1, 0.15) is 0 Å². The minimum Gasteiger partial charge on any atom is -0.269 e. The number of para-hydroxylation sites is 1. The third-order valence-corrected chi connectivity index (χ3v) is 4.79. The number of hydrogen-bond acceptors (Lipinski definition) is 4. The summed E-state index contributed by atoms with van der Waals surface area (Å²) in [5.41, 5.74) is 0.613. The lowest BCUT2D eigenvalue weighted by molar-refractivity contribution is -0.119. The van der Waals surface area contributed by atoms with Gasteiger partial charge in [0.2, 0.25) is 0 Å². The maximum absolute atomic E-state index is 11.2. The van der Waals surface area contributed by atoms with Crippen molar-refractivity contribution >= 4 is 49.6 Å². The zero-order valence-electron chi connectivity index (χ0n) is 10.9. The first-order valence-corrected chi connectivity index (χ1v) is 8.03. The molecule has 1 aliphatic heterocycles. The van der Waals surface area contributed by atoms with Gasteiger partial charge >= 0.3 is 0 Å². The van der Waals surface area contributed by atoms with Gasteiger partial charge in [0.25, 0.3) is 11.8 Å². The molecule has 0 saturated heterocycles. The lowest BCUT2D eigenvalue weighted by Gasteiger charge is -2.12. The van der Waals surface area contributed by atoms with Gasteiger partial charge in [-0.3, -0.25) is 9.59 Å². The van der Waals surface area contributed by atoms with Crippen molar-refractivity contribution in [1.29, 1.82) is 0 Å². The highest BCUT2D eigenvalue weighted by atomic mass is 32.1. The van der Waals surface area contributed by atoms with Crippen molar-refractivity contribution < 1.29 is 9.59 Å². The van der Waals surface area contributed by atoms with Gasteiger partial charge in [-0.2, -0.15) is 0 Å². The number of benzene rings is 1. The van der Waals surface area contributed by atoms with Crippen LogP contribution < -0.4 is 4.90 Å². The molecule has 0 saturated carbocycles. The van der Waals surface area contributed by atoms with Gasteiger partial charge in [-0.1, -0.05) is 18.2 Å². The molecule has 0 aliphatic carbocycles. The second-order valence-electron chi connectivity index (χ2n) is 4.25. The highest BCUT2D eigenvalue weighted by Gasteiger charge is 2.24. The van der Waals surface area contributed by atoms with Gasteiger partial charge in [0.1, 0.15) is 0 Å². The van der Waals surface area contributed by atoms with E-state index in [0.29, 0.717) is 5.69 Å². The molecule has 0 bridgehead atoms. The predicted molar refractivity (Wildman–Crippen MR) is 87.8 cm³/mol. The highest BCUT2D eigenvalue weighted by Crippen LogP contribution is 2.25. The minimum atomic E-state index is -0.281. The second-order valence-corrected chi connectivity index (χ2v) is 6.15. The summed E-state index contributed by atoms with van der Waals surface area (Å²) in [4.78, 5) is 23.5. The maximum atomic E-state index is 11.2. The van der Waals surface area contributed by atoms with Crippen LogP contribution in [-0.2, 0) is 9.59 Å². The highest BCUT2D eigenvalue weighted by molar-refractivity contribution is 7.25. The average Bonchev–Trinajstić information content (AvgIpc) is 3.17. The van der Waals surface area contributed by atoms with Gasteiger partial charge in [0.05, 0.1) is 5.69 Å². The number of fused-ring (bicyclic) bond motifs is 1. The Morgan fingerprint density at radius 1 is 0.714 bits per heavy atom. The number of thiophene rings is 2. The van der Waals surface area contributed by atoms with E-state index in [1.54, 1.807) is 46.9 Å². The Hall–Kier alpha value is -2.24. The minimum absolute atomic E-state index is 0.281. The van der Waals surface area contributed by atoms with Gasteiger partial charge in [-0.05, 0) is 35.0 Å². The van der Waals surface area contributed by atoms with Crippen molar-refractivity contribution in [2.24, 2.45) is 0 Å². The lowest BCUT2D eigenvalue weighted by Crippen LogP contribution is -2.29. The van der Waals surface area contributed by atoms with E-state index in [9.17, 15) is 9.59 Å². The Morgan fingerprint density at radius 2 is 1.24 bits per heavy atom. The second kappa shape index (κ2) is 6.03. The summed E-state index contributed by atoms with van der Waals surface area (Å²) in [6.45, 7) is 0. The molecule has 0 unspecified atom stereocenters. The molecule has 1 aliphatic rings. The van der Waals surface area contributed by atoms with Crippen LogP contribution in [0.2, 0.25) is 0 Å². The molecule has 1 aromatic carbocycles. The monoisotopic (exact) mass is 313 g/mol. The molecule has 0 radical (unpaired) electrons. The third-order valence-electron chi connectivity index (χ3n) is 2.90. The molecule has 2 amide bonds. The summed E-state index contributed by atoms with van der Waals surface area (Å²) in [5.74, 6) is -0.563. The molecule has 0 N–H and O–H groups in total. The molecule has 3 heterocycles. The number of imide groups is 1. The van der Waals surface area contributed by atoms with Crippen LogP contribution in [-0.4, -0.2) is 11.8 Å². The van der Waals surface area contributed by atoms with E-state index in [1.807, 2.05) is 6.07 Å². The zero-order chi connectivity index (χ0) is 14.7. The number of anilines is 1. The van der Waals surface area contributed by atoms with Crippen LogP contribution >= 0.6 is 22.7 Å². The van der Waals surface area contributed by atoms with E-state index in [4.69, 9.17) is 0 Å². The Morgan fingerprint density at radius 3 is 1.76 bits per heavy atom. The van der Waals surface area contributed by atoms with Crippen molar-refractivity contribution in [3.8, 4) is 0 Å². The number of rotatable bonds is 1.